The highest BCUT2D eigenvalue weighted by Crippen LogP contribution is 2.33. The van der Waals surface area contributed by atoms with Gasteiger partial charge in [-0.25, -0.2) is 4.79 Å². The van der Waals surface area contributed by atoms with Crippen molar-refractivity contribution in [3.8, 4) is 0 Å². The molecule has 1 aliphatic carbocycles. The third kappa shape index (κ3) is 4.08. The number of piperidine rings is 1. The highest BCUT2D eigenvalue weighted by atomic mass is 16.5. The van der Waals surface area contributed by atoms with E-state index in [-0.39, 0.29) is 23.7 Å². The fraction of sp³-hybridized carbons (Fsp3) is 0.833. The molecule has 1 saturated heterocycles. The van der Waals surface area contributed by atoms with Crippen LogP contribution in [0.5, 0.6) is 0 Å². The first-order valence-corrected chi connectivity index (χ1v) is 9.10. The summed E-state index contributed by atoms with van der Waals surface area (Å²) in [6.07, 6.45) is 5.09. The number of ether oxygens (including phenoxy) is 1. The molecule has 0 bridgehead atoms. The van der Waals surface area contributed by atoms with E-state index in [2.05, 4.69) is 12.2 Å². The van der Waals surface area contributed by atoms with Crippen molar-refractivity contribution < 1.29 is 19.1 Å². The van der Waals surface area contributed by atoms with Crippen LogP contribution in [0, 0.1) is 11.8 Å². The summed E-state index contributed by atoms with van der Waals surface area (Å²) >= 11 is 0. The highest BCUT2D eigenvalue weighted by Gasteiger charge is 2.44. The number of likely N-dealkylation sites (tertiary alicyclic amines) is 1. The largest absolute Gasteiger partial charge is 0.467 e. The van der Waals surface area contributed by atoms with Crippen molar-refractivity contribution >= 4 is 17.8 Å². The third-order valence-corrected chi connectivity index (χ3v) is 5.51. The molecule has 0 aromatic heterocycles. The Morgan fingerprint density at radius 2 is 1.88 bits per heavy atom. The maximum atomic E-state index is 12.8. The Labute approximate surface area is 144 Å². The molecule has 2 rings (SSSR count). The van der Waals surface area contributed by atoms with Gasteiger partial charge in [0.25, 0.3) is 0 Å². The van der Waals surface area contributed by atoms with Crippen molar-refractivity contribution in [2.75, 3.05) is 20.2 Å². The summed E-state index contributed by atoms with van der Waals surface area (Å²) in [5.74, 6) is -0.0626. The quantitative estimate of drug-likeness (QED) is 0.794. The molecule has 2 amide bonds. The number of amides is 2. The summed E-state index contributed by atoms with van der Waals surface area (Å²) in [7, 11) is 1.37. The summed E-state index contributed by atoms with van der Waals surface area (Å²) in [5, 5.41) is 3.00. The number of esters is 1. The van der Waals surface area contributed by atoms with Crippen LogP contribution in [0.25, 0.3) is 0 Å². The Kier molecular flexibility index (Phi) is 6.24. The van der Waals surface area contributed by atoms with Crippen LogP contribution in [0.3, 0.4) is 0 Å². The minimum Gasteiger partial charge on any atom is -0.467 e. The van der Waals surface area contributed by atoms with Crippen LogP contribution in [-0.2, 0) is 19.1 Å². The molecule has 1 unspecified atom stereocenters. The lowest BCUT2D eigenvalue weighted by molar-refractivity contribution is -0.154. The minimum absolute atomic E-state index is 0.0849. The average molecular weight is 338 g/mol. The van der Waals surface area contributed by atoms with Crippen LogP contribution < -0.4 is 5.32 Å². The Bertz CT molecular complexity index is 483. The lowest BCUT2D eigenvalue weighted by atomic mass is 9.76. The predicted molar refractivity (Wildman–Crippen MR) is 90.1 cm³/mol. The van der Waals surface area contributed by atoms with E-state index in [0.29, 0.717) is 31.7 Å². The second-order valence-electron chi connectivity index (χ2n) is 7.28. The van der Waals surface area contributed by atoms with Crippen molar-refractivity contribution in [1.82, 2.24) is 10.2 Å². The summed E-state index contributed by atoms with van der Waals surface area (Å²) in [6, 6.07) is 0. The Balaban J connectivity index is 2.04. The maximum Gasteiger partial charge on any atom is 0.331 e. The van der Waals surface area contributed by atoms with Crippen molar-refractivity contribution in [3.05, 3.63) is 0 Å². The third-order valence-electron chi connectivity index (χ3n) is 5.51. The zero-order valence-corrected chi connectivity index (χ0v) is 15.1. The first-order valence-electron chi connectivity index (χ1n) is 9.10. The van der Waals surface area contributed by atoms with Gasteiger partial charge in [-0.3, -0.25) is 9.59 Å². The van der Waals surface area contributed by atoms with E-state index >= 15 is 0 Å². The molecule has 0 aromatic carbocycles. The zero-order chi connectivity index (χ0) is 17.7. The molecule has 0 spiro atoms. The monoisotopic (exact) mass is 338 g/mol. The number of hydrogen-bond donors (Lipinski definition) is 1. The average Bonchev–Trinajstić information content (AvgIpc) is 2.62. The first kappa shape index (κ1) is 18.7. The van der Waals surface area contributed by atoms with E-state index in [4.69, 9.17) is 4.74 Å². The predicted octanol–water partition coefficient (Wildman–Crippen LogP) is 1.87. The number of rotatable bonds is 4. The van der Waals surface area contributed by atoms with E-state index in [1.807, 2.05) is 6.92 Å². The van der Waals surface area contributed by atoms with Crippen LogP contribution in [-0.4, -0.2) is 48.4 Å². The maximum absolute atomic E-state index is 12.8. The molecular formula is C18H30N2O4. The van der Waals surface area contributed by atoms with E-state index in [1.54, 1.807) is 4.90 Å². The zero-order valence-electron chi connectivity index (χ0n) is 15.1. The summed E-state index contributed by atoms with van der Waals surface area (Å²) in [5.41, 5.74) is -0.893. The molecular weight excluding hydrogens is 308 g/mol. The molecule has 1 aliphatic heterocycles. The molecule has 2 fully saturated rings. The number of hydrogen-bond acceptors (Lipinski definition) is 4. The number of nitrogens with zero attached hydrogens (tertiary/aromatic N) is 1. The van der Waals surface area contributed by atoms with E-state index in [9.17, 15) is 14.4 Å². The summed E-state index contributed by atoms with van der Waals surface area (Å²) in [4.78, 5) is 38.8. The Hall–Kier alpha value is -1.59. The molecule has 0 aromatic rings. The molecule has 6 heteroatoms. The van der Waals surface area contributed by atoms with E-state index < -0.39 is 5.54 Å². The molecule has 0 radical (unpaired) electrons. The molecule has 1 N–H and O–H groups in total. The second kappa shape index (κ2) is 7.99. The molecule has 1 atom stereocenters. The number of nitrogens with one attached hydrogen (secondary N) is 1. The molecule has 1 heterocycles. The van der Waals surface area contributed by atoms with Gasteiger partial charge in [0.05, 0.1) is 13.0 Å². The molecule has 6 nitrogen and oxygen atoms in total. The number of carbonyl (C=O) groups is 3. The Morgan fingerprint density at radius 3 is 2.46 bits per heavy atom. The van der Waals surface area contributed by atoms with Crippen molar-refractivity contribution in [2.45, 2.75) is 64.3 Å². The molecule has 2 aliphatic rings. The first-order chi connectivity index (χ1) is 11.4. The van der Waals surface area contributed by atoms with Gasteiger partial charge in [-0.1, -0.05) is 13.8 Å². The lowest BCUT2D eigenvalue weighted by Gasteiger charge is -2.39. The van der Waals surface area contributed by atoms with E-state index in [0.717, 1.165) is 32.2 Å². The van der Waals surface area contributed by atoms with Gasteiger partial charge in [-0.05, 0) is 44.4 Å². The normalized spacial score (nSPS) is 30.5. The van der Waals surface area contributed by atoms with Gasteiger partial charge in [0, 0.05) is 19.5 Å². The van der Waals surface area contributed by atoms with Gasteiger partial charge < -0.3 is 15.0 Å². The van der Waals surface area contributed by atoms with E-state index in [1.165, 1.54) is 7.11 Å². The standard InChI is InChI=1S/C18H30N2O4/c1-4-15(21)20-11-5-6-14(12-20)16(22)19-18(17(23)24-3)9-7-13(2)8-10-18/h13-14H,4-12H2,1-3H3,(H,19,22). The van der Waals surface area contributed by atoms with Crippen molar-refractivity contribution in [1.29, 1.82) is 0 Å². The summed E-state index contributed by atoms with van der Waals surface area (Å²) < 4.78 is 4.98. The van der Waals surface area contributed by atoms with Gasteiger partial charge in [0.1, 0.15) is 5.54 Å². The SMILES string of the molecule is CCC(=O)N1CCCC(C(=O)NC2(C(=O)OC)CCC(C)CC2)C1. The molecule has 136 valence electrons. The smallest absolute Gasteiger partial charge is 0.331 e. The highest BCUT2D eigenvalue weighted by molar-refractivity contribution is 5.89. The van der Waals surface area contributed by atoms with Gasteiger partial charge in [-0.15, -0.1) is 0 Å². The fourth-order valence-electron chi connectivity index (χ4n) is 3.81. The van der Waals surface area contributed by atoms with Gasteiger partial charge in [0.15, 0.2) is 0 Å². The number of carbonyl (C=O) groups excluding carboxylic acids is 3. The van der Waals surface area contributed by atoms with Crippen LogP contribution in [0.4, 0.5) is 0 Å². The summed E-state index contributed by atoms with van der Waals surface area (Å²) in [6.45, 7) is 5.17. The van der Waals surface area contributed by atoms with Crippen LogP contribution >= 0.6 is 0 Å². The topological polar surface area (TPSA) is 75.7 Å². The van der Waals surface area contributed by atoms with Gasteiger partial charge >= 0.3 is 5.97 Å². The van der Waals surface area contributed by atoms with Crippen molar-refractivity contribution in [2.24, 2.45) is 11.8 Å². The van der Waals surface area contributed by atoms with Crippen LogP contribution in [0.15, 0.2) is 0 Å². The molecule has 24 heavy (non-hydrogen) atoms. The second-order valence-corrected chi connectivity index (χ2v) is 7.28. The molecule has 1 saturated carbocycles. The van der Waals surface area contributed by atoms with Crippen LogP contribution in [0.1, 0.15) is 58.8 Å². The number of methoxy groups -OCH3 is 1. The van der Waals surface area contributed by atoms with Gasteiger partial charge in [0.2, 0.25) is 11.8 Å². The van der Waals surface area contributed by atoms with Gasteiger partial charge in [-0.2, -0.15) is 0 Å². The van der Waals surface area contributed by atoms with Crippen molar-refractivity contribution in [3.63, 3.8) is 0 Å². The Morgan fingerprint density at radius 1 is 1.21 bits per heavy atom. The fourth-order valence-corrected chi connectivity index (χ4v) is 3.81. The van der Waals surface area contributed by atoms with Crippen LogP contribution in [0.2, 0.25) is 0 Å². The lowest BCUT2D eigenvalue weighted by Crippen LogP contribution is -2.59. The minimum atomic E-state index is -0.893.